The molecule has 0 aliphatic carbocycles. The molecule has 24 heavy (non-hydrogen) atoms. The standard InChI is InChI=1S/C20H21N3O/c1-24-16-8-6-15(7-9-16)20-17(4-2-3-11-21)18-12-14(13-22)5-10-19(18)23-20/h5-10,12,23H,2-4,11,21H2,1H3. The lowest BCUT2D eigenvalue weighted by Gasteiger charge is -2.06. The summed E-state index contributed by atoms with van der Waals surface area (Å²) in [6.07, 6.45) is 2.96. The monoisotopic (exact) mass is 319 g/mol. The van der Waals surface area contributed by atoms with E-state index in [1.54, 1.807) is 7.11 Å². The number of hydrogen-bond acceptors (Lipinski definition) is 3. The highest BCUT2D eigenvalue weighted by Gasteiger charge is 2.13. The lowest BCUT2D eigenvalue weighted by molar-refractivity contribution is 0.415. The number of unbranched alkanes of at least 4 members (excludes halogenated alkanes) is 1. The lowest BCUT2D eigenvalue weighted by Crippen LogP contribution is -1.99. The van der Waals surface area contributed by atoms with Crippen molar-refractivity contribution >= 4 is 10.9 Å². The second-order valence-electron chi connectivity index (χ2n) is 5.83. The predicted molar refractivity (Wildman–Crippen MR) is 97.0 cm³/mol. The van der Waals surface area contributed by atoms with Gasteiger partial charge in [0.1, 0.15) is 5.75 Å². The summed E-state index contributed by atoms with van der Waals surface area (Å²) in [6, 6.07) is 16.1. The number of benzene rings is 2. The second-order valence-corrected chi connectivity index (χ2v) is 5.83. The number of methoxy groups -OCH3 is 1. The van der Waals surface area contributed by atoms with Gasteiger partial charge in [0.15, 0.2) is 0 Å². The van der Waals surface area contributed by atoms with Crippen LogP contribution in [0.25, 0.3) is 22.2 Å². The number of H-pyrrole nitrogens is 1. The number of aromatic amines is 1. The van der Waals surface area contributed by atoms with E-state index in [9.17, 15) is 5.26 Å². The largest absolute Gasteiger partial charge is 0.497 e. The van der Waals surface area contributed by atoms with E-state index in [4.69, 9.17) is 10.5 Å². The van der Waals surface area contributed by atoms with Gasteiger partial charge in [-0.1, -0.05) is 0 Å². The van der Waals surface area contributed by atoms with Crippen LogP contribution in [0.5, 0.6) is 5.75 Å². The minimum absolute atomic E-state index is 0.683. The van der Waals surface area contributed by atoms with E-state index >= 15 is 0 Å². The number of aryl methyl sites for hydroxylation is 1. The third kappa shape index (κ3) is 3.12. The van der Waals surface area contributed by atoms with Crippen LogP contribution >= 0.6 is 0 Å². The van der Waals surface area contributed by atoms with Gasteiger partial charge in [-0.15, -0.1) is 0 Å². The van der Waals surface area contributed by atoms with Crippen molar-refractivity contribution in [3.05, 3.63) is 53.6 Å². The van der Waals surface area contributed by atoms with E-state index in [-0.39, 0.29) is 0 Å². The Morgan fingerprint density at radius 1 is 1.12 bits per heavy atom. The molecule has 0 saturated heterocycles. The molecule has 3 aromatic rings. The molecule has 0 atom stereocenters. The molecule has 0 fully saturated rings. The van der Waals surface area contributed by atoms with Crippen molar-refractivity contribution in [2.45, 2.75) is 19.3 Å². The zero-order valence-corrected chi connectivity index (χ0v) is 13.8. The molecule has 0 spiro atoms. The lowest BCUT2D eigenvalue weighted by atomic mass is 9.99. The van der Waals surface area contributed by atoms with E-state index in [0.717, 1.165) is 47.2 Å². The van der Waals surface area contributed by atoms with Crippen molar-refractivity contribution in [1.82, 2.24) is 4.98 Å². The number of nitrogens with zero attached hydrogens (tertiary/aromatic N) is 1. The van der Waals surface area contributed by atoms with E-state index < -0.39 is 0 Å². The molecule has 122 valence electrons. The molecule has 0 amide bonds. The van der Waals surface area contributed by atoms with E-state index in [0.29, 0.717) is 12.1 Å². The van der Waals surface area contributed by atoms with Crippen molar-refractivity contribution in [1.29, 1.82) is 5.26 Å². The van der Waals surface area contributed by atoms with Gasteiger partial charge in [0.2, 0.25) is 0 Å². The van der Waals surface area contributed by atoms with Gasteiger partial charge in [-0.05, 0) is 79.4 Å². The van der Waals surface area contributed by atoms with Crippen molar-refractivity contribution in [3.8, 4) is 23.1 Å². The van der Waals surface area contributed by atoms with Crippen LogP contribution in [0.1, 0.15) is 24.0 Å². The van der Waals surface area contributed by atoms with Crippen molar-refractivity contribution in [3.63, 3.8) is 0 Å². The van der Waals surface area contributed by atoms with Crippen LogP contribution in [0.3, 0.4) is 0 Å². The molecule has 0 aliphatic rings. The third-order valence-electron chi connectivity index (χ3n) is 4.29. The summed E-state index contributed by atoms with van der Waals surface area (Å²) in [5.74, 6) is 0.839. The Bertz CT molecular complexity index is 872. The number of aromatic nitrogens is 1. The Kier molecular flexibility index (Phi) is 4.83. The summed E-state index contributed by atoms with van der Waals surface area (Å²) >= 11 is 0. The summed E-state index contributed by atoms with van der Waals surface area (Å²) in [5, 5.41) is 10.3. The zero-order chi connectivity index (χ0) is 16.9. The molecule has 0 saturated carbocycles. The first kappa shape index (κ1) is 16.1. The summed E-state index contributed by atoms with van der Waals surface area (Å²) in [4.78, 5) is 3.51. The Labute approximate surface area is 141 Å². The van der Waals surface area contributed by atoms with Crippen molar-refractivity contribution in [2.24, 2.45) is 5.73 Å². The Morgan fingerprint density at radius 2 is 1.92 bits per heavy atom. The molecule has 4 nitrogen and oxygen atoms in total. The topological polar surface area (TPSA) is 74.8 Å². The van der Waals surface area contributed by atoms with Crippen LogP contribution in [0, 0.1) is 11.3 Å². The van der Waals surface area contributed by atoms with Crippen LogP contribution in [0.4, 0.5) is 0 Å². The van der Waals surface area contributed by atoms with Gasteiger partial charge in [-0.2, -0.15) is 5.26 Å². The maximum Gasteiger partial charge on any atom is 0.118 e. The Balaban J connectivity index is 2.10. The number of hydrogen-bond donors (Lipinski definition) is 2. The molecular formula is C20H21N3O. The van der Waals surface area contributed by atoms with Gasteiger partial charge in [-0.3, -0.25) is 0 Å². The number of rotatable bonds is 6. The highest BCUT2D eigenvalue weighted by molar-refractivity contribution is 5.91. The Hall–Kier alpha value is -2.77. The average Bonchev–Trinajstić information content (AvgIpc) is 3.00. The molecule has 0 radical (unpaired) electrons. The number of nitrogens with two attached hydrogens (primary N) is 1. The average molecular weight is 319 g/mol. The third-order valence-corrected chi connectivity index (χ3v) is 4.29. The number of nitriles is 1. The first-order valence-corrected chi connectivity index (χ1v) is 8.16. The first-order chi connectivity index (χ1) is 11.8. The van der Waals surface area contributed by atoms with E-state index in [2.05, 4.69) is 23.2 Å². The summed E-state index contributed by atoms with van der Waals surface area (Å²) in [5.41, 5.74) is 10.9. The summed E-state index contributed by atoms with van der Waals surface area (Å²) in [7, 11) is 1.67. The molecule has 1 heterocycles. The van der Waals surface area contributed by atoms with Gasteiger partial charge >= 0.3 is 0 Å². The van der Waals surface area contributed by atoms with Crippen LogP contribution in [-0.2, 0) is 6.42 Å². The molecule has 0 unspecified atom stereocenters. The normalized spacial score (nSPS) is 10.7. The fourth-order valence-corrected chi connectivity index (χ4v) is 3.03. The van der Waals surface area contributed by atoms with Crippen molar-refractivity contribution < 1.29 is 4.74 Å². The van der Waals surface area contributed by atoms with Crippen LogP contribution in [-0.4, -0.2) is 18.6 Å². The quantitative estimate of drug-likeness (QED) is 0.674. The molecular weight excluding hydrogens is 298 g/mol. The molecule has 0 aliphatic heterocycles. The van der Waals surface area contributed by atoms with E-state index in [1.165, 1.54) is 5.56 Å². The minimum Gasteiger partial charge on any atom is -0.497 e. The summed E-state index contributed by atoms with van der Waals surface area (Å²) in [6.45, 7) is 0.698. The Morgan fingerprint density at radius 3 is 2.58 bits per heavy atom. The second kappa shape index (κ2) is 7.20. The highest BCUT2D eigenvalue weighted by atomic mass is 16.5. The number of nitrogens with one attached hydrogen (secondary N) is 1. The maximum atomic E-state index is 9.19. The smallest absolute Gasteiger partial charge is 0.118 e. The summed E-state index contributed by atoms with van der Waals surface area (Å²) < 4.78 is 5.24. The van der Waals surface area contributed by atoms with Gasteiger partial charge in [0, 0.05) is 16.6 Å². The fraction of sp³-hybridized carbons (Fsp3) is 0.250. The van der Waals surface area contributed by atoms with E-state index in [1.807, 2.05) is 30.3 Å². The number of ether oxygens (including phenoxy) is 1. The van der Waals surface area contributed by atoms with Gasteiger partial charge in [-0.25, -0.2) is 0 Å². The molecule has 3 N–H and O–H groups in total. The maximum absolute atomic E-state index is 9.19. The molecule has 1 aromatic heterocycles. The highest BCUT2D eigenvalue weighted by Crippen LogP contribution is 2.33. The van der Waals surface area contributed by atoms with Gasteiger partial charge in [0.25, 0.3) is 0 Å². The van der Waals surface area contributed by atoms with Crippen LogP contribution in [0.15, 0.2) is 42.5 Å². The molecule has 4 heteroatoms. The molecule has 3 rings (SSSR count). The van der Waals surface area contributed by atoms with Crippen molar-refractivity contribution in [2.75, 3.05) is 13.7 Å². The molecule has 0 bridgehead atoms. The van der Waals surface area contributed by atoms with Crippen LogP contribution in [0.2, 0.25) is 0 Å². The van der Waals surface area contributed by atoms with Crippen LogP contribution < -0.4 is 10.5 Å². The molecule has 2 aromatic carbocycles. The predicted octanol–water partition coefficient (Wildman–Crippen LogP) is 4.00. The number of fused-ring (bicyclic) bond motifs is 1. The SMILES string of the molecule is COc1ccc(-c2[nH]c3ccc(C#N)cc3c2CCCCN)cc1. The zero-order valence-electron chi connectivity index (χ0n) is 13.8. The first-order valence-electron chi connectivity index (χ1n) is 8.16. The minimum atomic E-state index is 0.683. The fourth-order valence-electron chi connectivity index (χ4n) is 3.03. The van der Waals surface area contributed by atoms with Gasteiger partial charge < -0.3 is 15.5 Å². The van der Waals surface area contributed by atoms with Gasteiger partial charge in [0.05, 0.1) is 18.7 Å².